The number of methoxy groups -OCH3 is 1. The minimum absolute atomic E-state index is 0.0761. The third-order valence-electron chi connectivity index (χ3n) is 7.30. The highest BCUT2D eigenvalue weighted by atomic mass is 16.5. The number of carbonyl (C=O) groups excluding carboxylic acids is 2. The molecule has 1 fully saturated rings. The van der Waals surface area contributed by atoms with Crippen LogP contribution in [0.25, 0.3) is 0 Å². The smallest absolute Gasteiger partial charge is 0.339 e. The molecule has 0 N–H and O–H groups in total. The number of hydrogen-bond donors (Lipinski definition) is 0. The fourth-order valence-electron chi connectivity index (χ4n) is 4.63. The van der Waals surface area contributed by atoms with Gasteiger partial charge in [0.2, 0.25) is 0 Å². The van der Waals surface area contributed by atoms with E-state index in [2.05, 4.69) is 21.6 Å². The molecular weight excluding hydrogens is 542 g/mol. The summed E-state index contributed by atoms with van der Waals surface area (Å²) in [5.74, 6) is 2.07. The van der Waals surface area contributed by atoms with Crippen LogP contribution in [0.15, 0.2) is 85.5 Å². The zero-order chi connectivity index (χ0) is 30.6. The summed E-state index contributed by atoms with van der Waals surface area (Å²) in [6, 6.07) is 19.3. The molecule has 1 saturated heterocycles. The molecule has 2 aromatic carbocycles. The van der Waals surface area contributed by atoms with E-state index < -0.39 is 5.97 Å². The van der Waals surface area contributed by atoms with Gasteiger partial charge in [-0.2, -0.15) is 0 Å². The van der Waals surface area contributed by atoms with Gasteiger partial charge in [0.05, 0.1) is 18.2 Å². The Morgan fingerprint density at radius 3 is 1.77 bits per heavy atom. The molecule has 1 aliphatic rings. The topological polar surface area (TPSA) is 90.9 Å². The van der Waals surface area contributed by atoms with E-state index in [0.717, 1.165) is 59.7 Å². The minimum atomic E-state index is -0.398. The standard InChI is InChI=1S/C20H24N2O2.C15H15NO3/c1-15-7-9-22(10-8-15)20(23)18-11-17(12-21-13-18)14-24-19-6-4-3-5-16(19)2;1-11-5-3-4-6-14(11)19-10-12-7-13(9-16-8-12)15(17)18-2/h3-6,11-13,15H,7-10,14H2,1-2H3;3-9H,10H2,1-2H3. The van der Waals surface area contributed by atoms with Crippen molar-refractivity contribution in [2.75, 3.05) is 20.2 Å². The molecule has 0 atom stereocenters. The molecule has 1 aliphatic heterocycles. The lowest BCUT2D eigenvalue weighted by molar-refractivity contribution is 0.0599. The van der Waals surface area contributed by atoms with Crippen LogP contribution in [-0.2, 0) is 18.0 Å². The SMILES string of the molecule is COC(=O)c1cncc(COc2ccccc2C)c1.Cc1ccccc1OCc1cncc(C(=O)N2CCC(C)CC2)c1. The number of benzene rings is 2. The molecule has 4 aromatic rings. The van der Waals surface area contributed by atoms with Gasteiger partial charge >= 0.3 is 5.97 Å². The summed E-state index contributed by atoms with van der Waals surface area (Å²) in [7, 11) is 1.35. The minimum Gasteiger partial charge on any atom is -0.489 e. The first-order valence-corrected chi connectivity index (χ1v) is 14.5. The van der Waals surface area contributed by atoms with Gasteiger partial charge in [-0.1, -0.05) is 43.3 Å². The summed E-state index contributed by atoms with van der Waals surface area (Å²) in [4.78, 5) is 34.2. The molecule has 0 saturated carbocycles. The third-order valence-corrected chi connectivity index (χ3v) is 7.30. The average molecular weight is 582 g/mol. The summed E-state index contributed by atoms with van der Waals surface area (Å²) >= 11 is 0. The van der Waals surface area contributed by atoms with Crippen molar-refractivity contribution < 1.29 is 23.8 Å². The van der Waals surface area contributed by atoms with Gasteiger partial charge in [0.25, 0.3) is 5.91 Å². The van der Waals surface area contributed by atoms with Crippen LogP contribution in [0.4, 0.5) is 0 Å². The second-order valence-corrected chi connectivity index (χ2v) is 10.7. The van der Waals surface area contributed by atoms with Crippen molar-refractivity contribution >= 4 is 11.9 Å². The Hall–Kier alpha value is -4.72. The third kappa shape index (κ3) is 9.13. The van der Waals surface area contributed by atoms with Crippen molar-refractivity contribution in [3.8, 4) is 11.5 Å². The molecule has 224 valence electrons. The van der Waals surface area contributed by atoms with E-state index in [-0.39, 0.29) is 5.91 Å². The number of carbonyl (C=O) groups is 2. The largest absolute Gasteiger partial charge is 0.489 e. The number of para-hydroxylation sites is 2. The van der Waals surface area contributed by atoms with Gasteiger partial charge in [-0.15, -0.1) is 0 Å². The number of aromatic nitrogens is 2. The number of rotatable bonds is 8. The first-order chi connectivity index (χ1) is 20.8. The Morgan fingerprint density at radius 2 is 1.26 bits per heavy atom. The lowest BCUT2D eigenvalue weighted by Crippen LogP contribution is -2.38. The highest BCUT2D eigenvalue weighted by Gasteiger charge is 2.21. The second-order valence-electron chi connectivity index (χ2n) is 10.7. The van der Waals surface area contributed by atoms with E-state index in [9.17, 15) is 9.59 Å². The number of esters is 1. The molecule has 8 heteroatoms. The van der Waals surface area contributed by atoms with Crippen molar-refractivity contribution in [1.82, 2.24) is 14.9 Å². The van der Waals surface area contributed by atoms with E-state index >= 15 is 0 Å². The van der Waals surface area contributed by atoms with Gasteiger partial charge in [0.1, 0.15) is 24.7 Å². The fourth-order valence-corrected chi connectivity index (χ4v) is 4.63. The molecule has 0 radical (unpaired) electrons. The first kappa shape index (κ1) is 31.2. The van der Waals surface area contributed by atoms with E-state index in [0.29, 0.717) is 30.3 Å². The monoisotopic (exact) mass is 581 g/mol. The number of amides is 1. The fraction of sp³-hybridized carbons (Fsp3) is 0.314. The zero-order valence-corrected chi connectivity index (χ0v) is 25.3. The molecule has 8 nitrogen and oxygen atoms in total. The van der Waals surface area contributed by atoms with E-state index in [1.54, 1.807) is 24.7 Å². The van der Waals surface area contributed by atoms with Gasteiger partial charge in [-0.3, -0.25) is 14.8 Å². The number of likely N-dealkylation sites (tertiary alicyclic amines) is 1. The van der Waals surface area contributed by atoms with Gasteiger partial charge in [-0.25, -0.2) is 4.79 Å². The number of piperidine rings is 1. The number of nitrogens with zero attached hydrogens (tertiary/aromatic N) is 3. The summed E-state index contributed by atoms with van der Waals surface area (Å²) < 4.78 is 16.2. The lowest BCUT2D eigenvalue weighted by Gasteiger charge is -2.30. The Labute approximate surface area is 253 Å². The van der Waals surface area contributed by atoms with Crippen molar-refractivity contribution in [3.63, 3.8) is 0 Å². The summed E-state index contributed by atoms with van der Waals surface area (Å²) in [5, 5.41) is 0. The Morgan fingerprint density at radius 1 is 0.767 bits per heavy atom. The summed E-state index contributed by atoms with van der Waals surface area (Å²) in [5.41, 5.74) is 4.98. The number of hydrogen-bond acceptors (Lipinski definition) is 7. The molecule has 3 heterocycles. The molecule has 0 aliphatic carbocycles. The Bertz CT molecular complexity index is 1510. The van der Waals surface area contributed by atoms with Crippen LogP contribution in [0.2, 0.25) is 0 Å². The van der Waals surface area contributed by atoms with Crippen LogP contribution < -0.4 is 9.47 Å². The van der Waals surface area contributed by atoms with Gasteiger partial charge in [0, 0.05) is 49.0 Å². The summed E-state index contributed by atoms with van der Waals surface area (Å²) in [6.45, 7) is 8.70. The van der Waals surface area contributed by atoms with Gasteiger partial charge < -0.3 is 19.1 Å². The van der Waals surface area contributed by atoms with Crippen LogP contribution >= 0.6 is 0 Å². The number of ether oxygens (including phenoxy) is 3. The molecule has 0 bridgehead atoms. The molecule has 0 unspecified atom stereocenters. The average Bonchev–Trinajstić information content (AvgIpc) is 3.04. The quantitative estimate of drug-likeness (QED) is 0.217. The van der Waals surface area contributed by atoms with E-state index in [1.807, 2.05) is 73.3 Å². The highest BCUT2D eigenvalue weighted by Crippen LogP contribution is 2.21. The van der Waals surface area contributed by atoms with Gasteiger partial charge in [0.15, 0.2) is 0 Å². The molecule has 1 amide bonds. The predicted octanol–water partition coefficient (Wildman–Crippen LogP) is 6.60. The summed E-state index contributed by atoms with van der Waals surface area (Å²) in [6.07, 6.45) is 8.71. The van der Waals surface area contributed by atoms with Crippen LogP contribution in [-0.4, -0.2) is 46.9 Å². The van der Waals surface area contributed by atoms with Crippen molar-refractivity contribution in [1.29, 1.82) is 0 Å². The molecule has 43 heavy (non-hydrogen) atoms. The molecule has 5 rings (SSSR count). The Balaban J connectivity index is 0.000000203. The maximum atomic E-state index is 12.6. The number of pyridine rings is 2. The van der Waals surface area contributed by atoms with Crippen LogP contribution in [0.5, 0.6) is 11.5 Å². The van der Waals surface area contributed by atoms with Crippen LogP contribution in [0.1, 0.15) is 62.7 Å². The second kappa shape index (κ2) is 15.5. The predicted molar refractivity (Wildman–Crippen MR) is 165 cm³/mol. The highest BCUT2D eigenvalue weighted by molar-refractivity contribution is 5.94. The van der Waals surface area contributed by atoms with Crippen molar-refractivity contribution in [2.45, 2.75) is 46.8 Å². The van der Waals surface area contributed by atoms with Crippen LogP contribution in [0, 0.1) is 19.8 Å². The first-order valence-electron chi connectivity index (χ1n) is 14.5. The maximum Gasteiger partial charge on any atom is 0.339 e. The van der Waals surface area contributed by atoms with Gasteiger partial charge in [-0.05, 0) is 68.0 Å². The Kier molecular flexibility index (Phi) is 11.2. The van der Waals surface area contributed by atoms with Crippen molar-refractivity contribution in [3.05, 3.63) is 119 Å². The van der Waals surface area contributed by atoms with Crippen molar-refractivity contribution in [2.24, 2.45) is 5.92 Å². The number of aryl methyl sites for hydroxylation is 2. The van der Waals surface area contributed by atoms with E-state index in [4.69, 9.17) is 9.47 Å². The maximum absolute atomic E-state index is 12.6. The normalized spacial score (nSPS) is 13.0. The van der Waals surface area contributed by atoms with E-state index in [1.165, 1.54) is 13.3 Å². The molecule has 2 aromatic heterocycles. The lowest BCUT2D eigenvalue weighted by atomic mass is 9.99. The zero-order valence-electron chi connectivity index (χ0n) is 25.3. The molecular formula is C35H39N3O5. The van der Waals surface area contributed by atoms with Crippen LogP contribution in [0.3, 0.4) is 0 Å². The molecule has 0 spiro atoms.